The fraction of sp³-hybridized carbons (Fsp3) is 0.629. The average molecular weight is 677 g/mol. The number of unbranched alkanes of at least 4 members (excludes halogenated alkanes) is 2. The van der Waals surface area contributed by atoms with Gasteiger partial charge in [-0.1, -0.05) is 37.1 Å². The number of carbonyl (C=O) groups is 5. The minimum atomic E-state index is -0.527. The van der Waals surface area contributed by atoms with Gasteiger partial charge in [-0.3, -0.25) is 14.4 Å². The molecule has 0 aliphatic heterocycles. The van der Waals surface area contributed by atoms with Gasteiger partial charge in [-0.25, -0.2) is 4.79 Å². The average Bonchev–Trinajstić information content (AvgIpc) is 3.08. The number of aldehydes is 2. The third-order valence-electron chi connectivity index (χ3n) is 7.61. The molecule has 0 radical (unpaired) electrons. The van der Waals surface area contributed by atoms with Gasteiger partial charge in [0.15, 0.2) is 0 Å². The van der Waals surface area contributed by atoms with Gasteiger partial charge in [-0.2, -0.15) is 0 Å². The molecule has 0 aliphatic carbocycles. The topological polar surface area (TPSA) is 176 Å². The van der Waals surface area contributed by atoms with Crippen molar-refractivity contribution in [3.05, 3.63) is 47.5 Å². The molecule has 0 saturated heterocycles. The van der Waals surface area contributed by atoms with Gasteiger partial charge < -0.3 is 45.0 Å². The third-order valence-corrected chi connectivity index (χ3v) is 7.61. The van der Waals surface area contributed by atoms with Crippen molar-refractivity contribution in [3.8, 4) is 0 Å². The Morgan fingerprint density at radius 2 is 1.54 bits per heavy atom. The Morgan fingerprint density at radius 1 is 0.854 bits per heavy atom. The van der Waals surface area contributed by atoms with Crippen LogP contribution in [0.25, 0.3) is 0 Å². The van der Waals surface area contributed by atoms with Gasteiger partial charge in [-0.05, 0) is 55.2 Å². The molecule has 2 atom stereocenters. The van der Waals surface area contributed by atoms with Crippen molar-refractivity contribution in [2.75, 3.05) is 73.4 Å². The lowest BCUT2D eigenvalue weighted by Crippen LogP contribution is -2.33. The lowest BCUT2D eigenvalue weighted by Gasteiger charge is -2.21. The van der Waals surface area contributed by atoms with Gasteiger partial charge in [0, 0.05) is 58.8 Å². The van der Waals surface area contributed by atoms with Gasteiger partial charge in [0.1, 0.15) is 12.6 Å². The second-order valence-corrected chi connectivity index (χ2v) is 11.5. The van der Waals surface area contributed by atoms with E-state index in [1.807, 2.05) is 0 Å². The zero-order chi connectivity index (χ0) is 35.2. The zero-order valence-corrected chi connectivity index (χ0v) is 28.7. The van der Waals surface area contributed by atoms with Crippen molar-refractivity contribution in [2.45, 2.75) is 63.9 Å². The standard InChI is InChI=1S/C35H56N4O9/c1-39(34(43)10-7-19-40)18-15-33(42)37-17-21-47-23-25-48-24-22-46-20-5-3-4-8-30(27-41)26-32(9-6-16-38-35(36)44)31-13-11-29(12-14-31)28-45-2/h7,10-14,19,27,30,32H,3-6,8-9,15-18,20-26,28H2,1-2H3,(H,37,42)(H3,36,38,44)/b10-7-. The van der Waals surface area contributed by atoms with Crippen LogP contribution in [-0.4, -0.2) is 109 Å². The molecule has 0 spiro atoms. The number of hydrogen-bond donors (Lipinski definition) is 3. The predicted molar refractivity (Wildman–Crippen MR) is 182 cm³/mol. The number of nitrogens with two attached hydrogens (primary N) is 1. The van der Waals surface area contributed by atoms with Crippen molar-refractivity contribution < 1.29 is 42.9 Å². The maximum absolute atomic E-state index is 11.9. The molecule has 48 heavy (non-hydrogen) atoms. The van der Waals surface area contributed by atoms with Gasteiger partial charge in [-0.15, -0.1) is 0 Å². The maximum atomic E-state index is 11.9. The fourth-order valence-corrected chi connectivity index (χ4v) is 4.95. The number of nitrogens with one attached hydrogen (secondary N) is 2. The number of benzene rings is 1. The Labute approximate surface area is 285 Å². The summed E-state index contributed by atoms with van der Waals surface area (Å²) in [6, 6.07) is 7.80. The minimum absolute atomic E-state index is 0.0343. The number of likely N-dealkylation sites (N-methyl/N-ethyl adjacent to an activating group) is 1. The van der Waals surface area contributed by atoms with Crippen LogP contribution in [0.15, 0.2) is 36.4 Å². The number of rotatable bonds is 30. The number of primary amides is 1. The molecule has 1 aromatic rings. The summed E-state index contributed by atoms with van der Waals surface area (Å²) in [5, 5.41) is 5.37. The molecular formula is C35H56N4O9. The van der Waals surface area contributed by atoms with E-state index < -0.39 is 6.03 Å². The maximum Gasteiger partial charge on any atom is 0.312 e. The lowest BCUT2D eigenvalue weighted by molar-refractivity contribution is -0.126. The lowest BCUT2D eigenvalue weighted by atomic mass is 9.84. The molecule has 0 aliphatic rings. The van der Waals surface area contributed by atoms with Crippen LogP contribution in [-0.2, 0) is 44.7 Å². The van der Waals surface area contributed by atoms with Crippen molar-refractivity contribution >= 4 is 30.4 Å². The van der Waals surface area contributed by atoms with Crippen molar-refractivity contribution in [1.29, 1.82) is 0 Å². The molecule has 13 heteroatoms. The first-order chi connectivity index (χ1) is 23.3. The molecule has 2 unspecified atom stereocenters. The largest absolute Gasteiger partial charge is 0.380 e. The fourth-order valence-electron chi connectivity index (χ4n) is 4.95. The first-order valence-electron chi connectivity index (χ1n) is 16.7. The second kappa shape index (κ2) is 28.4. The highest BCUT2D eigenvalue weighted by Gasteiger charge is 2.18. The van der Waals surface area contributed by atoms with Gasteiger partial charge in [0.05, 0.1) is 39.6 Å². The Morgan fingerprint density at radius 3 is 2.19 bits per heavy atom. The van der Waals surface area contributed by atoms with Crippen molar-refractivity contribution in [3.63, 3.8) is 0 Å². The number of carbonyl (C=O) groups excluding carboxylic acids is 5. The highest BCUT2D eigenvalue weighted by atomic mass is 16.5. The minimum Gasteiger partial charge on any atom is -0.380 e. The highest BCUT2D eigenvalue weighted by Crippen LogP contribution is 2.30. The summed E-state index contributed by atoms with van der Waals surface area (Å²) in [5.74, 6) is -0.349. The molecule has 1 rings (SSSR count). The molecule has 0 fully saturated rings. The first-order valence-corrected chi connectivity index (χ1v) is 16.7. The molecule has 0 heterocycles. The van der Waals surface area contributed by atoms with E-state index in [1.54, 1.807) is 14.2 Å². The molecule has 0 aromatic heterocycles. The van der Waals surface area contributed by atoms with E-state index in [0.29, 0.717) is 65.6 Å². The second-order valence-electron chi connectivity index (χ2n) is 11.5. The van der Waals surface area contributed by atoms with E-state index >= 15 is 0 Å². The SMILES string of the molecule is COCc1ccc(C(CCCNC(N)=O)CC(C=O)CCCCCOCCOCCOCCNC(=O)CCN(C)C(=O)/C=C\C=O)cc1. The summed E-state index contributed by atoms with van der Waals surface area (Å²) in [6.45, 7) is 4.43. The van der Waals surface area contributed by atoms with Crippen molar-refractivity contribution in [2.24, 2.45) is 11.7 Å². The van der Waals surface area contributed by atoms with Crippen LogP contribution >= 0.6 is 0 Å². The van der Waals surface area contributed by atoms with E-state index in [4.69, 9.17) is 24.7 Å². The van der Waals surface area contributed by atoms with E-state index in [9.17, 15) is 24.0 Å². The molecule has 4 amide bonds. The van der Waals surface area contributed by atoms with Crippen molar-refractivity contribution in [1.82, 2.24) is 15.5 Å². The number of hydrogen-bond acceptors (Lipinski definition) is 9. The van der Waals surface area contributed by atoms with Crippen LogP contribution in [0.5, 0.6) is 0 Å². The van der Waals surface area contributed by atoms with Gasteiger partial charge in [0.25, 0.3) is 0 Å². The number of amides is 4. The molecular weight excluding hydrogens is 620 g/mol. The summed E-state index contributed by atoms with van der Waals surface area (Å²) < 4.78 is 21.8. The highest BCUT2D eigenvalue weighted by molar-refractivity contribution is 5.91. The van der Waals surface area contributed by atoms with E-state index in [-0.39, 0.29) is 36.6 Å². The monoisotopic (exact) mass is 676 g/mol. The van der Waals surface area contributed by atoms with Crippen LogP contribution in [0.2, 0.25) is 0 Å². The van der Waals surface area contributed by atoms with Crippen LogP contribution in [0.1, 0.15) is 68.4 Å². The Hall–Kier alpha value is -3.65. The van der Waals surface area contributed by atoms with E-state index in [2.05, 4.69) is 34.9 Å². The zero-order valence-electron chi connectivity index (χ0n) is 28.7. The first kappa shape index (κ1) is 42.4. The van der Waals surface area contributed by atoms with Gasteiger partial charge in [0.2, 0.25) is 11.8 Å². The number of allylic oxidation sites excluding steroid dienone is 1. The van der Waals surface area contributed by atoms with Crippen LogP contribution in [0, 0.1) is 5.92 Å². The van der Waals surface area contributed by atoms with E-state index in [1.165, 1.54) is 10.5 Å². The molecule has 13 nitrogen and oxygen atoms in total. The smallest absolute Gasteiger partial charge is 0.312 e. The molecule has 0 saturated carbocycles. The Kier molecular flexibility index (Phi) is 25.0. The van der Waals surface area contributed by atoms with Crippen LogP contribution < -0.4 is 16.4 Å². The summed E-state index contributed by atoms with van der Waals surface area (Å²) in [6.07, 6.45) is 10.1. The Bertz CT molecular complexity index is 1070. The molecule has 1 aromatic carbocycles. The summed E-state index contributed by atoms with van der Waals surface area (Å²) in [7, 11) is 3.23. The summed E-state index contributed by atoms with van der Waals surface area (Å²) in [5.41, 5.74) is 7.48. The van der Waals surface area contributed by atoms with Crippen LogP contribution in [0.4, 0.5) is 4.79 Å². The number of urea groups is 1. The molecule has 4 N–H and O–H groups in total. The summed E-state index contributed by atoms with van der Waals surface area (Å²) >= 11 is 0. The van der Waals surface area contributed by atoms with Crippen LogP contribution in [0.3, 0.4) is 0 Å². The number of methoxy groups -OCH3 is 1. The quantitative estimate of drug-likeness (QED) is 0.0629. The summed E-state index contributed by atoms with van der Waals surface area (Å²) in [4.78, 5) is 58.1. The molecule has 0 bridgehead atoms. The predicted octanol–water partition coefficient (Wildman–Crippen LogP) is 2.90. The normalized spacial score (nSPS) is 12.4. The Balaban J connectivity index is 2.11. The number of nitrogens with zero attached hydrogens (tertiary/aromatic N) is 1. The molecule has 270 valence electrons. The van der Waals surface area contributed by atoms with Gasteiger partial charge >= 0.3 is 6.03 Å². The number of ether oxygens (including phenoxy) is 4. The van der Waals surface area contributed by atoms with E-state index in [0.717, 1.165) is 68.9 Å². The third kappa shape index (κ3) is 22.0.